The number of aromatic nitrogens is 2. The lowest BCUT2D eigenvalue weighted by Gasteiger charge is -2.27. The van der Waals surface area contributed by atoms with Crippen molar-refractivity contribution >= 4 is 124 Å². The number of hydrogen-bond acceptors (Lipinski definition) is 12. The SMILES string of the molecule is CCCCCCCCC(CCCCCC)COc1ccc2nc(/N=C3/C4=C(c5ccc(N6CCCCC6)s5)N(B(F)F)/C(=N\c5nc6ccc(OCC(CCCCCC)CCCCCCCC)cc6s5)C4=C(c4ccc(N5CCCCC5)s4)N3B(F)F)sc2c1. The molecule has 2 atom stereocenters. The van der Waals surface area contributed by atoms with Crippen LogP contribution in [-0.4, -0.2) is 85.5 Å². The molecule has 0 aliphatic carbocycles. The van der Waals surface area contributed by atoms with Crippen molar-refractivity contribution in [2.75, 3.05) is 49.2 Å². The van der Waals surface area contributed by atoms with Gasteiger partial charge in [0.25, 0.3) is 0 Å². The van der Waals surface area contributed by atoms with Crippen LogP contribution in [0.3, 0.4) is 0 Å². The molecular formula is C70H96B2F4N8O2S4. The molecule has 4 aliphatic rings. The summed E-state index contributed by atoms with van der Waals surface area (Å²) in [6.45, 7) is 13.7. The van der Waals surface area contributed by atoms with E-state index in [9.17, 15) is 0 Å². The second kappa shape index (κ2) is 34.8. The van der Waals surface area contributed by atoms with E-state index in [0.29, 0.717) is 45.8 Å². The number of amidine groups is 2. The zero-order chi connectivity index (χ0) is 62.6. The molecule has 4 aromatic heterocycles. The minimum atomic E-state index is -3.12. The van der Waals surface area contributed by atoms with Crippen molar-refractivity contribution in [1.82, 2.24) is 19.6 Å². The zero-order valence-electron chi connectivity index (χ0n) is 54.1. The van der Waals surface area contributed by atoms with Crippen molar-refractivity contribution in [3.63, 3.8) is 0 Å². The highest BCUT2D eigenvalue weighted by Crippen LogP contribution is 2.53. The number of hydrogen-bond donors (Lipinski definition) is 0. The molecule has 0 amide bonds. The molecule has 4 aliphatic heterocycles. The van der Waals surface area contributed by atoms with E-state index < -0.39 is 14.8 Å². The van der Waals surface area contributed by atoms with E-state index in [1.54, 1.807) is 0 Å². The van der Waals surface area contributed by atoms with Crippen molar-refractivity contribution < 1.29 is 26.7 Å². The lowest BCUT2D eigenvalue weighted by molar-refractivity contribution is 0.224. The maximum Gasteiger partial charge on any atom is 0.679 e. The Balaban J connectivity index is 1.03. The van der Waals surface area contributed by atoms with Gasteiger partial charge in [-0.05, 0) is 137 Å². The number of nitrogens with zero attached hydrogens (tertiary/aromatic N) is 8. The molecule has 20 heteroatoms. The van der Waals surface area contributed by atoms with E-state index in [-0.39, 0.29) is 44.5 Å². The number of halogens is 4. The molecule has 486 valence electrons. The van der Waals surface area contributed by atoms with Gasteiger partial charge in [-0.15, -0.1) is 22.7 Å². The van der Waals surface area contributed by atoms with Crippen LogP contribution >= 0.6 is 45.3 Å². The summed E-state index contributed by atoms with van der Waals surface area (Å²) in [5, 5.41) is 2.35. The van der Waals surface area contributed by atoms with Crippen LogP contribution in [0.4, 0.5) is 37.5 Å². The Kier molecular flexibility index (Phi) is 26.3. The summed E-state index contributed by atoms with van der Waals surface area (Å²) in [6, 6.07) is 19.3. The summed E-state index contributed by atoms with van der Waals surface area (Å²) in [6.07, 6.45) is 35.8. The van der Waals surface area contributed by atoms with Crippen LogP contribution in [0.25, 0.3) is 31.8 Å². The zero-order valence-corrected chi connectivity index (χ0v) is 57.3. The number of aliphatic imine (C=N–C) groups is 2. The van der Waals surface area contributed by atoms with Crippen LogP contribution in [0, 0.1) is 11.8 Å². The lowest BCUT2D eigenvalue weighted by atomic mass is 9.95. The maximum absolute atomic E-state index is 16.8. The topological polar surface area (TPSA) is 81.9 Å². The molecule has 10 rings (SSSR count). The Labute approximate surface area is 551 Å². The number of piperidine rings is 2. The number of benzene rings is 2. The standard InChI is InChI=1S/C70H96B2F4N8O2S4/c1-5-9-13-17-19-25-33-51(31-23-15-11-7-3)49-85-53-35-37-55-59(47-53)89-69(77-55)79-67-63-64(66(83(67)71(73)74)58-40-42-62(88-58)82-45-29-22-30-46-82)68(84(72(75)76)65(63)57-39-41-61(87-57)81-43-27-21-28-44-81)80-70-78-56-38-36-54(48-60(56)90-70)86-50-52(32-24-16-12-8-4)34-26-20-18-14-10-6-2/h35-42,47-48,51-52H,5-34,43-46,49-50H2,1-4H3/b79-67-,80-68-. The quantitative estimate of drug-likeness (QED) is 0.0215. The molecule has 90 heavy (non-hydrogen) atoms. The van der Waals surface area contributed by atoms with Crippen molar-refractivity contribution in [1.29, 1.82) is 0 Å². The molecule has 10 nitrogen and oxygen atoms in total. The Hall–Kier alpha value is -4.91. The summed E-state index contributed by atoms with van der Waals surface area (Å²) in [7, 11) is -6.24. The fourth-order valence-corrected chi connectivity index (χ4v) is 17.3. The maximum atomic E-state index is 16.8. The summed E-state index contributed by atoms with van der Waals surface area (Å²) in [4.78, 5) is 27.7. The molecule has 2 unspecified atom stereocenters. The first-order valence-electron chi connectivity index (χ1n) is 34.7. The Bertz CT molecular complexity index is 3110. The van der Waals surface area contributed by atoms with Crippen molar-refractivity contribution in [3.8, 4) is 11.5 Å². The molecule has 0 bridgehead atoms. The van der Waals surface area contributed by atoms with Gasteiger partial charge in [-0.25, -0.2) is 20.0 Å². The fraction of sp³-hybridized carbons (Fsp3) is 0.600. The third-order valence-electron chi connectivity index (χ3n) is 18.4. The van der Waals surface area contributed by atoms with Gasteiger partial charge in [0.1, 0.15) is 23.2 Å². The number of thiazole rings is 2. The fourth-order valence-electron chi connectivity index (χ4n) is 13.4. The average Bonchev–Trinajstić information content (AvgIpc) is 1.54. The van der Waals surface area contributed by atoms with Gasteiger partial charge >= 0.3 is 14.8 Å². The minimum absolute atomic E-state index is 0.0863. The summed E-state index contributed by atoms with van der Waals surface area (Å²) < 4.78 is 81.9. The molecule has 6 aromatic rings. The summed E-state index contributed by atoms with van der Waals surface area (Å²) in [5.74, 6) is 2.06. The Morgan fingerprint density at radius 3 is 1.17 bits per heavy atom. The molecule has 8 heterocycles. The molecule has 2 aromatic carbocycles. The number of rotatable bonds is 38. The van der Waals surface area contributed by atoms with Crippen LogP contribution < -0.4 is 19.3 Å². The highest BCUT2D eigenvalue weighted by molar-refractivity contribution is 7.22. The highest BCUT2D eigenvalue weighted by Gasteiger charge is 2.54. The van der Waals surface area contributed by atoms with Gasteiger partial charge < -0.3 is 28.9 Å². The van der Waals surface area contributed by atoms with E-state index >= 15 is 17.3 Å². The third-order valence-corrected chi connectivity index (χ3v) is 22.6. The van der Waals surface area contributed by atoms with Crippen LogP contribution in [0.5, 0.6) is 11.5 Å². The Morgan fingerprint density at radius 2 is 0.800 bits per heavy atom. The molecule has 0 saturated carbocycles. The van der Waals surface area contributed by atoms with Gasteiger partial charge in [-0.2, -0.15) is 0 Å². The number of unbranched alkanes of at least 4 members (excludes halogenated alkanes) is 16. The largest absolute Gasteiger partial charge is 0.679 e. The highest BCUT2D eigenvalue weighted by atomic mass is 32.1. The van der Waals surface area contributed by atoms with E-state index in [0.717, 1.165) is 131 Å². The second-order valence-corrected chi connectivity index (χ2v) is 29.5. The van der Waals surface area contributed by atoms with Gasteiger partial charge in [0.05, 0.1) is 75.9 Å². The monoisotopic (exact) mass is 1310 g/mol. The molecule has 0 spiro atoms. The number of ether oxygens (including phenoxy) is 2. The van der Waals surface area contributed by atoms with Gasteiger partial charge in [0.15, 0.2) is 0 Å². The normalized spacial score (nSPS) is 17.2. The van der Waals surface area contributed by atoms with Gasteiger partial charge in [0.2, 0.25) is 10.3 Å². The van der Waals surface area contributed by atoms with Crippen molar-refractivity contribution in [3.05, 3.63) is 81.6 Å². The van der Waals surface area contributed by atoms with E-state index in [2.05, 4.69) is 37.5 Å². The van der Waals surface area contributed by atoms with Crippen LogP contribution in [0.2, 0.25) is 0 Å². The molecule has 2 saturated heterocycles. The first-order valence-corrected chi connectivity index (χ1v) is 38.0. The number of anilines is 2. The third kappa shape index (κ3) is 17.9. The molecule has 0 N–H and O–H groups in total. The second-order valence-electron chi connectivity index (χ2n) is 25.4. The van der Waals surface area contributed by atoms with E-state index in [1.807, 2.05) is 60.7 Å². The lowest BCUT2D eigenvalue weighted by Crippen LogP contribution is -2.38. The van der Waals surface area contributed by atoms with Crippen LogP contribution in [-0.2, 0) is 0 Å². The van der Waals surface area contributed by atoms with Crippen molar-refractivity contribution in [2.45, 2.75) is 220 Å². The molecule has 2 fully saturated rings. The van der Waals surface area contributed by atoms with Gasteiger partial charge in [-0.1, -0.05) is 179 Å². The summed E-state index contributed by atoms with van der Waals surface area (Å²) in [5.41, 5.74) is 1.81. The van der Waals surface area contributed by atoms with Crippen LogP contribution in [0.15, 0.2) is 81.8 Å². The number of thiophene rings is 2. The van der Waals surface area contributed by atoms with Gasteiger partial charge in [0, 0.05) is 26.2 Å². The van der Waals surface area contributed by atoms with Crippen molar-refractivity contribution in [2.24, 2.45) is 21.8 Å². The Morgan fingerprint density at radius 1 is 0.444 bits per heavy atom. The van der Waals surface area contributed by atoms with Gasteiger partial charge in [-0.3, -0.25) is 17.3 Å². The van der Waals surface area contributed by atoms with E-state index in [4.69, 9.17) is 29.4 Å². The first kappa shape index (κ1) is 68.0. The smallest absolute Gasteiger partial charge is 0.493 e. The van der Waals surface area contributed by atoms with E-state index in [1.165, 1.54) is 174 Å². The summed E-state index contributed by atoms with van der Waals surface area (Å²) >= 11 is 5.37. The average molecular weight is 1310 g/mol. The molecular weight excluding hydrogens is 1210 g/mol. The number of fused-ring (bicyclic) bond motifs is 3. The predicted octanol–water partition coefficient (Wildman–Crippen LogP) is 22.5. The minimum Gasteiger partial charge on any atom is -0.493 e. The molecule has 0 radical (unpaired) electrons. The first-order chi connectivity index (χ1) is 44.1. The van der Waals surface area contributed by atoms with Crippen LogP contribution in [0.1, 0.15) is 230 Å². The predicted molar refractivity (Wildman–Crippen MR) is 379 cm³/mol.